The molecule has 9 N–H and O–H groups in total. The monoisotopic (exact) mass is 560 g/mol. The number of hydrogen-bond donors (Lipinski definition) is 6. The number of anilines is 1. The van der Waals surface area contributed by atoms with E-state index in [1.165, 1.54) is 31.7 Å². The number of hydrogen-bond acceptors (Lipinski definition) is 11. The third-order valence-corrected chi connectivity index (χ3v) is 6.40. The van der Waals surface area contributed by atoms with Gasteiger partial charge in [0.15, 0.2) is 5.52 Å². The van der Waals surface area contributed by atoms with E-state index in [2.05, 4.69) is 24.8 Å². The number of allylic oxidation sites excluding steroid dienone is 1. The highest BCUT2D eigenvalue weighted by Crippen LogP contribution is 2.35. The van der Waals surface area contributed by atoms with Gasteiger partial charge in [-0.3, -0.25) is 14.6 Å². The van der Waals surface area contributed by atoms with Crippen molar-refractivity contribution in [3.05, 3.63) is 34.4 Å². The van der Waals surface area contributed by atoms with Crippen LogP contribution in [0.3, 0.4) is 0 Å². The second-order valence-electron chi connectivity index (χ2n) is 8.97. The van der Waals surface area contributed by atoms with Gasteiger partial charge < -0.3 is 32.1 Å². The molecule has 14 nitrogen and oxygen atoms in total. The molecule has 0 unspecified atom stereocenters. The predicted octanol–water partition coefficient (Wildman–Crippen LogP) is 4.35. The average Bonchev–Trinajstić information content (AvgIpc) is 3.34. The molecule has 15 heteroatoms. The van der Waals surface area contributed by atoms with Gasteiger partial charge in [0, 0.05) is 12.6 Å². The van der Waals surface area contributed by atoms with E-state index >= 15 is 0 Å². The molecule has 0 aliphatic carbocycles. The summed E-state index contributed by atoms with van der Waals surface area (Å²) in [6.07, 6.45) is 14.5. The molecule has 1 aromatic carbocycles. The van der Waals surface area contributed by atoms with Gasteiger partial charge in [-0.2, -0.15) is 0 Å². The van der Waals surface area contributed by atoms with Crippen LogP contribution in [0.4, 0.5) is 11.4 Å². The standard InChI is InChI=1S/C23H38N5O8P.H3N/c24-18(17-35-37(32,33)34)21(29)13-11-9-7-5-3-1-2-4-6-8-10-12-16-25-19-14-15-20(28(30)31)23-22(19)26-36-27-23;/h11,13-15,18,21,25,29H,1-10,12,16-17,24H2,(H2,32,33,34);1H3/b13-11+;/t18-,21+;/m0./s1. The van der Waals surface area contributed by atoms with Crippen LogP contribution in [0.25, 0.3) is 11.0 Å². The number of rotatable bonds is 20. The second kappa shape index (κ2) is 17.9. The number of phosphoric acid groups is 1. The number of phosphoric ester groups is 1. The van der Waals surface area contributed by atoms with E-state index in [0.29, 0.717) is 11.2 Å². The van der Waals surface area contributed by atoms with Crippen LogP contribution in [-0.4, -0.2) is 55.4 Å². The first-order valence-corrected chi connectivity index (χ1v) is 14.2. The quantitative estimate of drug-likeness (QED) is 0.0434. The van der Waals surface area contributed by atoms with Gasteiger partial charge in [0.05, 0.1) is 29.4 Å². The molecule has 2 rings (SSSR count). The van der Waals surface area contributed by atoms with Crippen molar-refractivity contribution in [1.82, 2.24) is 16.5 Å². The van der Waals surface area contributed by atoms with E-state index in [0.717, 1.165) is 51.5 Å². The van der Waals surface area contributed by atoms with Crippen molar-refractivity contribution in [2.45, 2.75) is 82.8 Å². The summed E-state index contributed by atoms with van der Waals surface area (Å²) in [5.74, 6) is 0. The molecular weight excluding hydrogens is 519 g/mol. The van der Waals surface area contributed by atoms with Crippen LogP contribution in [0.15, 0.2) is 28.9 Å². The summed E-state index contributed by atoms with van der Waals surface area (Å²) < 4.78 is 19.6. The van der Waals surface area contributed by atoms with Gasteiger partial charge in [0.25, 0.3) is 0 Å². The summed E-state index contributed by atoms with van der Waals surface area (Å²) in [6.45, 7) is 0.331. The Morgan fingerprint density at radius 3 is 2.24 bits per heavy atom. The highest BCUT2D eigenvalue weighted by atomic mass is 31.2. The molecule has 0 bridgehead atoms. The fourth-order valence-corrected chi connectivity index (χ4v) is 4.19. The van der Waals surface area contributed by atoms with E-state index < -0.39 is 31.5 Å². The third kappa shape index (κ3) is 12.9. The number of non-ortho nitro benzene ring substituents is 1. The molecule has 0 aliphatic heterocycles. The fourth-order valence-electron chi connectivity index (χ4n) is 3.83. The molecule has 0 fully saturated rings. The van der Waals surface area contributed by atoms with Crippen LogP contribution in [-0.2, 0) is 9.09 Å². The average molecular weight is 561 g/mol. The zero-order chi connectivity index (χ0) is 27.1. The maximum Gasteiger partial charge on any atom is 0.469 e. The number of nitrogens with zero attached hydrogens (tertiary/aromatic N) is 3. The molecule has 0 amide bonds. The number of nitro benzene ring substituents is 1. The molecule has 0 saturated heterocycles. The Kier molecular flexibility index (Phi) is 15.9. The SMILES string of the molecule is N.N[C@@H](COP(=O)(O)O)[C@H](O)/C=C/CCCCCCCCCCCCNc1ccc([N+](=O)[O-])c2nonc12. The lowest BCUT2D eigenvalue weighted by molar-refractivity contribution is -0.383. The van der Waals surface area contributed by atoms with Gasteiger partial charge in [0.2, 0.25) is 5.52 Å². The molecule has 2 atom stereocenters. The smallest absolute Gasteiger partial charge is 0.387 e. The molecule has 216 valence electrons. The second-order valence-corrected chi connectivity index (χ2v) is 10.2. The van der Waals surface area contributed by atoms with Crippen molar-refractivity contribution in [3.63, 3.8) is 0 Å². The summed E-state index contributed by atoms with van der Waals surface area (Å²) in [4.78, 5) is 27.8. The normalized spacial score (nSPS) is 13.5. The van der Waals surface area contributed by atoms with Crippen LogP contribution < -0.4 is 17.2 Å². The van der Waals surface area contributed by atoms with Crippen LogP contribution in [0, 0.1) is 10.1 Å². The van der Waals surface area contributed by atoms with Crippen molar-refractivity contribution in [1.29, 1.82) is 0 Å². The molecule has 1 aromatic heterocycles. The van der Waals surface area contributed by atoms with Gasteiger partial charge in [-0.15, -0.1) is 0 Å². The number of nitrogens with two attached hydrogens (primary N) is 1. The first-order chi connectivity index (χ1) is 17.7. The Bertz CT molecular complexity index is 1030. The number of unbranched alkanes of at least 4 members (excludes halogenated alkanes) is 10. The summed E-state index contributed by atoms with van der Waals surface area (Å²) in [5.41, 5.74) is 6.72. The lowest BCUT2D eigenvalue weighted by Crippen LogP contribution is -2.37. The van der Waals surface area contributed by atoms with Crippen LogP contribution >= 0.6 is 7.82 Å². The zero-order valence-electron chi connectivity index (χ0n) is 21.6. The minimum atomic E-state index is -4.58. The zero-order valence-corrected chi connectivity index (χ0v) is 22.5. The van der Waals surface area contributed by atoms with Crippen LogP contribution in [0.1, 0.15) is 70.6 Å². The summed E-state index contributed by atoms with van der Waals surface area (Å²) in [7, 11) is -4.58. The number of aliphatic hydroxyl groups excluding tert-OH is 1. The van der Waals surface area contributed by atoms with Gasteiger partial charge in [-0.05, 0) is 35.6 Å². The Balaban J connectivity index is 0.00000722. The topological polar surface area (TPSA) is 242 Å². The van der Waals surface area contributed by atoms with Gasteiger partial charge in [0.1, 0.15) is 0 Å². The van der Waals surface area contributed by atoms with Crippen molar-refractivity contribution in [2.24, 2.45) is 5.73 Å². The highest BCUT2D eigenvalue weighted by molar-refractivity contribution is 7.46. The number of nitrogens with one attached hydrogen (secondary N) is 1. The molecule has 1 heterocycles. The van der Waals surface area contributed by atoms with Gasteiger partial charge in [-0.1, -0.05) is 63.5 Å². The van der Waals surface area contributed by atoms with Gasteiger partial charge in [-0.25, -0.2) is 9.19 Å². The van der Waals surface area contributed by atoms with E-state index in [-0.39, 0.29) is 17.4 Å². The Morgan fingerprint density at radius 1 is 1.05 bits per heavy atom. The van der Waals surface area contributed by atoms with Crippen molar-refractivity contribution < 1.29 is 33.5 Å². The number of fused-ring (bicyclic) bond motifs is 1. The predicted molar refractivity (Wildman–Crippen MR) is 144 cm³/mol. The first kappa shape index (κ1) is 33.6. The van der Waals surface area contributed by atoms with Crippen LogP contribution in [0.2, 0.25) is 0 Å². The summed E-state index contributed by atoms with van der Waals surface area (Å²) >= 11 is 0. The number of aromatic nitrogens is 2. The molecular formula is C23H41N6O8P. The van der Waals surface area contributed by atoms with Gasteiger partial charge >= 0.3 is 13.5 Å². The summed E-state index contributed by atoms with van der Waals surface area (Å²) in [6, 6.07) is 2.15. The largest absolute Gasteiger partial charge is 0.469 e. The van der Waals surface area contributed by atoms with Crippen molar-refractivity contribution in [2.75, 3.05) is 18.5 Å². The number of aliphatic hydroxyl groups is 1. The number of nitro groups is 1. The fraction of sp³-hybridized carbons (Fsp3) is 0.652. The van der Waals surface area contributed by atoms with Crippen molar-refractivity contribution in [3.8, 4) is 0 Å². The van der Waals surface area contributed by atoms with E-state index in [9.17, 15) is 19.8 Å². The Morgan fingerprint density at radius 2 is 1.63 bits per heavy atom. The first-order valence-electron chi connectivity index (χ1n) is 12.6. The Labute approximate surface area is 221 Å². The summed E-state index contributed by atoms with van der Waals surface area (Å²) in [5, 5.41) is 31.5. The number of benzene rings is 1. The van der Waals surface area contributed by atoms with E-state index in [1.54, 1.807) is 12.1 Å². The molecule has 2 aromatic rings. The minimum Gasteiger partial charge on any atom is -0.387 e. The lowest BCUT2D eigenvalue weighted by Gasteiger charge is -2.15. The van der Waals surface area contributed by atoms with Crippen molar-refractivity contribution >= 4 is 30.2 Å². The van der Waals surface area contributed by atoms with E-state index in [4.69, 9.17) is 15.5 Å². The minimum absolute atomic E-state index is 0. The maximum atomic E-state index is 11.0. The lowest BCUT2D eigenvalue weighted by atomic mass is 10.1. The van der Waals surface area contributed by atoms with Crippen LogP contribution in [0.5, 0.6) is 0 Å². The Hall–Kier alpha value is -2.45. The molecule has 38 heavy (non-hydrogen) atoms. The molecule has 0 saturated carbocycles. The molecule has 0 radical (unpaired) electrons. The van der Waals surface area contributed by atoms with E-state index in [1.807, 2.05) is 6.08 Å². The molecule has 0 spiro atoms. The maximum absolute atomic E-state index is 11.0. The third-order valence-electron chi connectivity index (χ3n) is 5.91. The highest BCUT2D eigenvalue weighted by Gasteiger charge is 2.20. The molecule has 0 aliphatic rings.